The van der Waals surface area contributed by atoms with Gasteiger partial charge in [-0.1, -0.05) is 11.3 Å². The van der Waals surface area contributed by atoms with Crippen LogP contribution >= 0.6 is 11.3 Å². The number of rotatable bonds is 4. The Labute approximate surface area is 134 Å². The molecule has 0 unspecified atom stereocenters. The number of aromatic nitrogens is 1. The highest BCUT2D eigenvalue weighted by molar-refractivity contribution is 7.22. The van der Waals surface area contributed by atoms with Crippen LogP contribution in [0.2, 0.25) is 0 Å². The number of nitrogens with one attached hydrogen (secondary N) is 1. The minimum Gasteiger partial charge on any atom is -0.494 e. The first-order chi connectivity index (χ1) is 10.7. The van der Waals surface area contributed by atoms with Gasteiger partial charge < -0.3 is 15.0 Å². The van der Waals surface area contributed by atoms with E-state index in [1.165, 1.54) is 0 Å². The number of hydrogen-bond donors (Lipinski definition) is 1. The van der Waals surface area contributed by atoms with Gasteiger partial charge in [0, 0.05) is 26.1 Å². The number of benzene rings is 1. The fourth-order valence-electron chi connectivity index (χ4n) is 2.82. The lowest BCUT2D eigenvalue weighted by molar-refractivity contribution is -0.125. The zero-order valence-electron chi connectivity index (χ0n) is 13.0. The van der Waals surface area contributed by atoms with Crippen molar-refractivity contribution >= 4 is 32.6 Å². The fraction of sp³-hybridized carbons (Fsp3) is 0.500. The molecule has 0 aliphatic carbocycles. The van der Waals surface area contributed by atoms with Crippen molar-refractivity contribution in [1.82, 2.24) is 10.3 Å². The van der Waals surface area contributed by atoms with Crippen LogP contribution < -0.4 is 15.0 Å². The van der Waals surface area contributed by atoms with E-state index in [1.54, 1.807) is 18.4 Å². The van der Waals surface area contributed by atoms with Gasteiger partial charge in [0.1, 0.15) is 5.75 Å². The van der Waals surface area contributed by atoms with Crippen LogP contribution in [0.15, 0.2) is 18.2 Å². The van der Waals surface area contributed by atoms with Gasteiger partial charge >= 0.3 is 0 Å². The zero-order valence-corrected chi connectivity index (χ0v) is 13.8. The Morgan fingerprint density at radius 3 is 2.91 bits per heavy atom. The van der Waals surface area contributed by atoms with Crippen LogP contribution in [0.25, 0.3) is 10.2 Å². The highest BCUT2D eigenvalue weighted by Gasteiger charge is 2.25. The van der Waals surface area contributed by atoms with Gasteiger partial charge in [-0.15, -0.1) is 0 Å². The Hall–Kier alpha value is -1.82. The molecule has 1 N–H and O–H groups in total. The smallest absolute Gasteiger partial charge is 0.222 e. The van der Waals surface area contributed by atoms with Crippen molar-refractivity contribution < 1.29 is 9.53 Å². The third-order valence-electron chi connectivity index (χ3n) is 4.04. The van der Waals surface area contributed by atoms with Crippen LogP contribution in [0.1, 0.15) is 19.8 Å². The third kappa shape index (κ3) is 3.02. The number of hydrogen-bond acceptors (Lipinski definition) is 5. The first kappa shape index (κ1) is 15.1. The maximum atomic E-state index is 11.7. The standard InChI is InChI=1S/C16H21N3O2S/c1-3-21-12-4-5-13-14(10-12)22-16(18-13)19-8-6-11(7-9-19)15(20)17-2/h4-5,10-11H,3,6-9H2,1-2H3,(H,17,20). The molecule has 118 valence electrons. The van der Waals surface area contributed by atoms with Gasteiger partial charge in [-0.05, 0) is 38.0 Å². The maximum absolute atomic E-state index is 11.7. The highest BCUT2D eigenvalue weighted by Crippen LogP contribution is 2.33. The topological polar surface area (TPSA) is 54.5 Å². The lowest BCUT2D eigenvalue weighted by Crippen LogP contribution is -2.39. The summed E-state index contributed by atoms with van der Waals surface area (Å²) in [6.45, 7) is 4.43. The minimum atomic E-state index is 0.139. The van der Waals surface area contributed by atoms with E-state index in [0.717, 1.165) is 47.0 Å². The van der Waals surface area contributed by atoms with Gasteiger partial charge in [-0.2, -0.15) is 0 Å². The van der Waals surface area contributed by atoms with Crippen molar-refractivity contribution in [3.63, 3.8) is 0 Å². The largest absolute Gasteiger partial charge is 0.494 e. The normalized spacial score (nSPS) is 16.0. The number of nitrogens with zero attached hydrogens (tertiary/aromatic N) is 2. The predicted octanol–water partition coefficient (Wildman–Crippen LogP) is 2.66. The first-order valence-electron chi connectivity index (χ1n) is 7.71. The van der Waals surface area contributed by atoms with Crippen LogP contribution in [-0.2, 0) is 4.79 Å². The van der Waals surface area contributed by atoms with E-state index in [2.05, 4.69) is 16.3 Å². The number of thiazole rings is 1. The van der Waals surface area contributed by atoms with Crippen molar-refractivity contribution in [2.75, 3.05) is 31.6 Å². The summed E-state index contributed by atoms with van der Waals surface area (Å²) >= 11 is 1.69. The number of ether oxygens (including phenoxy) is 1. The van der Waals surface area contributed by atoms with E-state index in [4.69, 9.17) is 9.72 Å². The maximum Gasteiger partial charge on any atom is 0.222 e. The van der Waals surface area contributed by atoms with Crippen LogP contribution in [0.5, 0.6) is 5.75 Å². The fourth-order valence-corrected chi connectivity index (χ4v) is 3.87. The van der Waals surface area contributed by atoms with Gasteiger partial charge in [-0.3, -0.25) is 4.79 Å². The molecule has 3 rings (SSSR count). The third-order valence-corrected chi connectivity index (χ3v) is 5.12. The van der Waals surface area contributed by atoms with Crippen LogP contribution in [0, 0.1) is 5.92 Å². The summed E-state index contributed by atoms with van der Waals surface area (Å²) in [7, 11) is 1.71. The van der Waals surface area contributed by atoms with E-state index >= 15 is 0 Å². The summed E-state index contributed by atoms with van der Waals surface area (Å²) in [4.78, 5) is 18.7. The van der Waals surface area contributed by atoms with E-state index in [0.29, 0.717) is 6.61 Å². The predicted molar refractivity (Wildman–Crippen MR) is 89.8 cm³/mol. The molecule has 1 amide bonds. The summed E-state index contributed by atoms with van der Waals surface area (Å²) in [6.07, 6.45) is 1.78. The Bertz CT molecular complexity index is 662. The van der Waals surface area contributed by atoms with Gasteiger partial charge in [0.15, 0.2) is 5.13 Å². The van der Waals surface area contributed by atoms with Gasteiger partial charge in [0.2, 0.25) is 5.91 Å². The summed E-state index contributed by atoms with van der Waals surface area (Å²) in [5.74, 6) is 1.19. The molecule has 1 aromatic heterocycles. The lowest BCUT2D eigenvalue weighted by atomic mass is 9.96. The Morgan fingerprint density at radius 2 is 2.23 bits per heavy atom. The van der Waals surface area contributed by atoms with Crippen molar-refractivity contribution in [1.29, 1.82) is 0 Å². The van der Waals surface area contributed by atoms with Crippen molar-refractivity contribution in [3.8, 4) is 5.75 Å². The van der Waals surface area contributed by atoms with Crippen molar-refractivity contribution in [2.24, 2.45) is 5.92 Å². The second kappa shape index (κ2) is 6.52. The summed E-state index contributed by atoms with van der Waals surface area (Å²) < 4.78 is 6.69. The van der Waals surface area contributed by atoms with E-state index in [9.17, 15) is 4.79 Å². The molecule has 0 atom stereocenters. The number of anilines is 1. The first-order valence-corrected chi connectivity index (χ1v) is 8.53. The molecule has 0 spiro atoms. The van der Waals surface area contributed by atoms with E-state index < -0.39 is 0 Å². The monoisotopic (exact) mass is 319 g/mol. The second-order valence-electron chi connectivity index (χ2n) is 5.43. The average molecular weight is 319 g/mol. The minimum absolute atomic E-state index is 0.139. The molecule has 2 aromatic rings. The van der Waals surface area contributed by atoms with E-state index in [1.807, 2.05) is 19.1 Å². The SMILES string of the molecule is CCOc1ccc2nc(N3CCC(C(=O)NC)CC3)sc2c1. The average Bonchev–Trinajstić information content (AvgIpc) is 2.98. The molecular formula is C16H21N3O2S. The molecule has 1 aliphatic heterocycles. The van der Waals surface area contributed by atoms with E-state index in [-0.39, 0.29) is 11.8 Å². The molecule has 2 heterocycles. The quantitative estimate of drug-likeness (QED) is 0.941. The van der Waals surface area contributed by atoms with Crippen LogP contribution in [0.4, 0.5) is 5.13 Å². The molecule has 0 bridgehead atoms. The molecule has 1 saturated heterocycles. The Kier molecular flexibility index (Phi) is 4.47. The zero-order chi connectivity index (χ0) is 15.5. The number of carbonyl (C=O) groups excluding carboxylic acids is 1. The Morgan fingerprint density at radius 1 is 1.45 bits per heavy atom. The molecule has 5 nitrogen and oxygen atoms in total. The molecule has 0 saturated carbocycles. The van der Waals surface area contributed by atoms with Crippen molar-refractivity contribution in [2.45, 2.75) is 19.8 Å². The second-order valence-corrected chi connectivity index (χ2v) is 6.44. The number of piperidine rings is 1. The van der Waals surface area contributed by atoms with Gasteiger partial charge in [0.05, 0.1) is 16.8 Å². The molecule has 0 radical (unpaired) electrons. The lowest BCUT2D eigenvalue weighted by Gasteiger charge is -2.30. The van der Waals surface area contributed by atoms with Crippen LogP contribution in [0.3, 0.4) is 0 Å². The van der Waals surface area contributed by atoms with Crippen molar-refractivity contribution in [3.05, 3.63) is 18.2 Å². The number of carbonyl (C=O) groups is 1. The van der Waals surface area contributed by atoms with Gasteiger partial charge in [0.25, 0.3) is 0 Å². The summed E-state index contributed by atoms with van der Waals surface area (Å²) in [5, 5.41) is 3.79. The molecule has 6 heteroatoms. The van der Waals surface area contributed by atoms with Crippen LogP contribution in [-0.4, -0.2) is 37.6 Å². The Balaban J connectivity index is 1.73. The number of fused-ring (bicyclic) bond motifs is 1. The molecular weight excluding hydrogens is 298 g/mol. The summed E-state index contributed by atoms with van der Waals surface area (Å²) in [5.41, 5.74) is 1.01. The number of amides is 1. The van der Waals surface area contributed by atoms with Gasteiger partial charge in [-0.25, -0.2) is 4.98 Å². The molecule has 1 fully saturated rings. The summed E-state index contributed by atoms with van der Waals surface area (Å²) in [6, 6.07) is 6.03. The molecule has 1 aromatic carbocycles. The molecule has 1 aliphatic rings. The molecule has 22 heavy (non-hydrogen) atoms. The highest BCUT2D eigenvalue weighted by atomic mass is 32.1.